The largest absolute Gasteiger partial charge is 0.0749 e. The Labute approximate surface area is 72.2 Å². The van der Waals surface area contributed by atoms with E-state index in [1.807, 2.05) is 0 Å². The fraction of sp³-hybridized carbons (Fsp3) is 1.00. The molecule has 11 heavy (non-hydrogen) atoms. The van der Waals surface area contributed by atoms with Gasteiger partial charge < -0.3 is 0 Å². The van der Waals surface area contributed by atoms with Gasteiger partial charge in [0.1, 0.15) is 0 Å². The predicted molar refractivity (Wildman–Crippen MR) is 51.0 cm³/mol. The number of hydrogen-bond donors (Lipinski definition) is 0. The topological polar surface area (TPSA) is 0 Å². The van der Waals surface area contributed by atoms with Gasteiger partial charge in [-0.3, -0.25) is 0 Å². The minimum atomic E-state index is 0.204. The molecule has 0 heterocycles. The monoisotopic (exact) mass is 150 g/mol. The van der Waals surface area contributed by atoms with Gasteiger partial charge in [0.25, 0.3) is 0 Å². The summed E-state index contributed by atoms with van der Waals surface area (Å²) in [6.07, 6.45) is 7.80. The zero-order valence-electron chi connectivity index (χ0n) is 7.90. The molecule has 0 nitrogen and oxygen atoms in total. The Morgan fingerprint density at radius 2 is 1.91 bits per heavy atom. The molecule has 0 amide bonds. The molecule has 2 radical (unpaired) electrons. The average molecular weight is 150 g/mol. The van der Waals surface area contributed by atoms with Gasteiger partial charge in [-0.1, -0.05) is 57.7 Å². The van der Waals surface area contributed by atoms with Crippen molar-refractivity contribution in [2.24, 2.45) is 5.92 Å². The van der Waals surface area contributed by atoms with Crippen LogP contribution >= 0.6 is 0 Å². The maximum atomic E-state index is 6.29. The van der Waals surface area contributed by atoms with Crippen molar-refractivity contribution in [1.29, 1.82) is 0 Å². The van der Waals surface area contributed by atoms with Gasteiger partial charge in [0, 0.05) is 0 Å². The van der Waals surface area contributed by atoms with Crippen molar-refractivity contribution in [2.75, 3.05) is 0 Å². The van der Waals surface area contributed by atoms with Gasteiger partial charge in [0.2, 0.25) is 0 Å². The third-order valence-corrected chi connectivity index (χ3v) is 3.24. The summed E-state index contributed by atoms with van der Waals surface area (Å²) in [7, 11) is 6.29. The van der Waals surface area contributed by atoms with Crippen LogP contribution in [0.25, 0.3) is 0 Å². The summed E-state index contributed by atoms with van der Waals surface area (Å²) in [4.78, 5) is 0. The minimum Gasteiger partial charge on any atom is -0.0654 e. The Kier molecular flexibility index (Phi) is 3.03. The highest BCUT2D eigenvalue weighted by Crippen LogP contribution is 2.49. The summed E-state index contributed by atoms with van der Waals surface area (Å²) in [5.41, 5.74) is 0. The molecule has 0 bridgehead atoms. The first kappa shape index (κ1) is 9.16. The zero-order valence-corrected chi connectivity index (χ0v) is 7.90. The summed E-state index contributed by atoms with van der Waals surface area (Å²) >= 11 is 0. The highest BCUT2D eigenvalue weighted by molar-refractivity contribution is 6.15. The molecule has 1 atom stereocenters. The first-order valence-corrected chi connectivity index (χ1v) is 4.98. The molecule has 1 fully saturated rings. The SMILES string of the molecule is [B]C1(C(C)CCC)CCCC1. The van der Waals surface area contributed by atoms with Crippen molar-refractivity contribution in [1.82, 2.24) is 0 Å². The van der Waals surface area contributed by atoms with Crippen molar-refractivity contribution < 1.29 is 0 Å². The van der Waals surface area contributed by atoms with Crippen LogP contribution in [-0.2, 0) is 0 Å². The van der Waals surface area contributed by atoms with Crippen LogP contribution in [0.1, 0.15) is 52.4 Å². The summed E-state index contributed by atoms with van der Waals surface area (Å²) < 4.78 is 0. The molecular formula is C10H19B. The summed E-state index contributed by atoms with van der Waals surface area (Å²) in [6.45, 7) is 4.56. The van der Waals surface area contributed by atoms with E-state index in [-0.39, 0.29) is 5.31 Å². The quantitative estimate of drug-likeness (QED) is 0.541. The van der Waals surface area contributed by atoms with E-state index in [1.54, 1.807) is 0 Å². The van der Waals surface area contributed by atoms with Crippen molar-refractivity contribution in [3.05, 3.63) is 0 Å². The molecular weight excluding hydrogens is 131 g/mol. The van der Waals surface area contributed by atoms with Crippen LogP contribution < -0.4 is 0 Å². The van der Waals surface area contributed by atoms with Gasteiger partial charge in [-0.05, 0) is 5.92 Å². The van der Waals surface area contributed by atoms with Crippen LogP contribution in [0.2, 0.25) is 5.31 Å². The molecule has 0 aromatic carbocycles. The smallest absolute Gasteiger partial charge is 0.0654 e. The van der Waals surface area contributed by atoms with Gasteiger partial charge >= 0.3 is 0 Å². The van der Waals surface area contributed by atoms with Crippen molar-refractivity contribution >= 4 is 7.85 Å². The van der Waals surface area contributed by atoms with Gasteiger partial charge in [0.05, 0.1) is 7.85 Å². The first-order valence-electron chi connectivity index (χ1n) is 4.98. The van der Waals surface area contributed by atoms with E-state index in [0.29, 0.717) is 0 Å². The molecule has 0 aromatic heterocycles. The average Bonchev–Trinajstić information content (AvgIpc) is 2.38. The molecule has 0 spiro atoms. The molecule has 1 unspecified atom stereocenters. The molecule has 0 aromatic rings. The summed E-state index contributed by atoms with van der Waals surface area (Å²) in [6, 6.07) is 0. The summed E-state index contributed by atoms with van der Waals surface area (Å²) in [5.74, 6) is 0.731. The van der Waals surface area contributed by atoms with Crippen LogP contribution in [0, 0.1) is 5.92 Å². The Morgan fingerprint density at radius 1 is 1.36 bits per heavy atom. The Bertz CT molecular complexity index is 114. The Hall–Kier alpha value is 0.0649. The lowest BCUT2D eigenvalue weighted by Gasteiger charge is -2.31. The molecule has 1 heteroatoms. The van der Waals surface area contributed by atoms with Gasteiger partial charge in [0.15, 0.2) is 0 Å². The fourth-order valence-corrected chi connectivity index (χ4v) is 2.25. The van der Waals surface area contributed by atoms with Crippen molar-refractivity contribution in [3.63, 3.8) is 0 Å². The summed E-state index contributed by atoms with van der Waals surface area (Å²) in [5, 5.41) is 0.204. The second-order valence-electron chi connectivity index (χ2n) is 4.13. The van der Waals surface area contributed by atoms with E-state index in [9.17, 15) is 0 Å². The lowest BCUT2D eigenvalue weighted by molar-refractivity contribution is 0.364. The second kappa shape index (κ2) is 3.64. The molecule has 62 valence electrons. The van der Waals surface area contributed by atoms with E-state index >= 15 is 0 Å². The number of rotatable bonds is 3. The molecule has 1 saturated carbocycles. The highest BCUT2D eigenvalue weighted by atomic mass is 14.3. The molecule has 0 aliphatic heterocycles. The molecule has 1 aliphatic rings. The van der Waals surface area contributed by atoms with Crippen LogP contribution in [0.4, 0.5) is 0 Å². The highest BCUT2D eigenvalue weighted by Gasteiger charge is 2.32. The van der Waals surface area contributed by atoms with Crippen LogP contribution in [0.15, 0.2) is 0 Å². The third-order valence-electron chi connectivity index (χ3n) is 3.24. The lowest BCUT2D eigenvalue weighted by Crippen LogP contribution is -2.17. The van der Waals surface area contributed by atoms with E-state index in [1.165, 1.54) is 38.5 Å². The normalized spacial score (nSPS) is 25.3. The van der Waals surface area contributed by atoms with E-state index in [2.05, 4.69) is 13.8 Å². The van der Waals surface area contributed by atoms with Crippen molar-refractivity contribution in [2.45, 2.75) is 57.7 Å². The Morgan fingerprint density at radius 3 is 2.36 bits per heavy atom. The third kappa shape index (κ3) is 2.01. The number of hydrogen-bond acceptors (Lipinski definition) is 0. The molecule has 0 N–H and O–H groups in total. The molecule has 0 saturated heterocycles. The lowest BCUT2D eigenvalue weighted by atomic mass is 9.59. The first-order chi connectivity index (χ1) is 5.19. The molecule has 1 aliphatic carbocycles. The van der Waals surface area contributed by atoms with Crippen LogP contribution in [-0.4, -0.2) is 7.85 Å². The maximum Gasteiger partial charge on any atom is 0.0749 e. The standard InChI is InChI=1S/C10H19B/c1-3-6-9(2)10(11)7-4-5-8-10/h9H,3-8H2,1-2H3. The minimum absolute atomic E-state index is 0.204. The van der Waals surface area contributed by atoms with Crippen LogP contribution in [0.5, 0.6) is 0 Å². The Balaban J connectivity index is 2.42. The van der Waals surface area contributed by atoms with Gasteiger partial charge in [-0.2, -0.15) is 0 Å². The van der Waals surface area contributed by atoms with Crippen molar-refractivity contribution in [3.8, 4) is 0 Å². The molecule has 1 rings (SSSR count). The van der Waals surface area contributed by atoms with Gasteiger partial charge in [-0.25, -0.2) is 0 Å². The fourth-order valence-electron chi connectivity index (χ4n) is 2.25. The van der Waals surface area contributed by atoms with E-state index in [4.69, 9.17) is 7.85 Å². The maximum absolute atomic E-state index is 6.29. The predicted octanol–water partition coefficient (Wildman–Crippen LogP) is 3.32. The van der Waals surface area contributed by atoms with E-state index < -0.39 is 0 Å². The van der Waals surface area contributed by atoms with E-state index in [0.717, 1.165) is 5.92 Å². The zero-order chi connectivity index (χ0) is 8.32. The van der Waals surface area contributed by atoms with Crippen LogP contribution in [0.3, 0.4) is 0 Å². The van der Waals surface area contributed by atoms with Gasteiger partial charge in [-0.15, -0.1) is 0 Å². The second-order valence-corrected chi connectivity index (χ2v) is 4.13.